The van der Waals surface area contributed by atoms with Gasteiger partial charge in [-0.05, 0) is 52.2 Å². The van der Waals surface area contributed by atoms with Crippen molar-refractivity contribution < 1.29 is 24.2 Å². The van der Waals surface area contributed by atoms with Gasteiger partial charge in [0.05, 0.1) is 0 Å². The molecule has 0 aliphatic rings. The third-order valence-corrected chi connectivity index (χ3v) is 5.48. The van der Waals surface area contributed by atoms with E-state index in [2.05, 4.69) is 10.6 Å². The number of nitrogens with zero attached hydrogens (tertiary/aromatic N) is 1. The minimum atomic E-state index is -1.12. The molecule has 196 valence electrons. The van der Waals surface area contributed by atoms with Crippen molar-refractivity contribution in [2.75, 3.05) is 0 Å². The Labute approximate surface area is 214 Å². The van der Waals surface area contributed by atoms with E-state index >= 15 is 0 Å². The second kappa shape index (κ2) is 12.4. The van der Waals surface area contributed by atoms with E-state index in [0.29, 0.717) is 5.56 Å². The van der Waals surface area contributed by atoms with Gasteiger partial charge in [0, 0.05) is 18.2 Å². The lowest BCUT2D eigenvalue weighted by Gasteiger charge is -2.38. The number of para-hydroxylation sites is 1. The van der Waals surface area contributed by atoms with Gasteiger partial charge in [-0.3, -0.25) is 9.59 Å². The average Bonchev–Trinajstić information content (AvgIpc) is 2.78. The molecular formula is C28H39N3O5. The van der Waals surface area contributed by atoms with E-state index < -0.39 is 41.6 Å². The molecule has 0 aromatic heterocycles. The lowest BCUT2D eigenvalue weighted by Crippen LogP contribution is -2.56. The number of hydrogen-bond acceptors (Lipinski definition) is 5. The molecule has 2 unspecified atom stereocenters. The molecule has 3 amide bonds. The number of aromatic hydroxyl groups is 1. The van der Waals surface area contributed by atoms with Crippen molar-refractivity contribution in [1.82, 2.24) is 15.5 Å². The van der Waals surface area contributed by atoms with Crippen LogP contribution in [0.3, 0.4) is 0 Å². The number of rotatable bonds is 9. The van der Waals surface area contributed by atoms with Crippen molar-refractivity contribution in [2.45, 2.75) is 78.7 Å². The monoisotopic (exact) mass is 497 g/mol. The highest BCUT2D eigenvalue weighted by Gasteiger charge is 2.39. The van der Waals surface area contributed by atoms with E-state index in [1.165, 1.54) is 11.0 Å². The lowest BCUT2D eigenvalue weighted by atomic mass is 9.97. The quantitative estimate of drug-likeness (QED) is 0.472. The highest BCUT2D eigenvalue weighted by Crippen LogP contribution is 2.31. The fraction of sp³-hybridized carbons (Fsp3) is 0.464. The zero-order valence-corrected chi connectivity index (χ0v) is 22.2. The molecule has 0 saturated heterocycles. The van der Waals surface area contributed by atoms with Gasteiger partial charge in [0.25, 0.3) is 0 Å². The fourth-order valence-corrected chi connectivity index (χ4v) is 3.81. The number of carbonyl (C=O) groups is 3. The maximum Gasteiger partial charge on any atom is 0.408 e. The summed E-state index contributed by atoms with van der Waals surface area (Å²) < 4.78 is 5.37. The summed E-state index contributed by atoms with van der Waals surface area (Å²) in [5.41, 5.74) is 0.461. The Bertz CT molecular complexity index is 1030. The normalized spacial score (nSPS) is 13.1. The van der Waals surface area contributed by atoms with Crippen LogP contribution < -0.4 is 10.6 Å². The zero-order chi connectivity index (χ0) is 27.0. The number of nitrogens with one attached hydrogen (secondary N) is 2. The largest absolute Gasteiger partial charge is 0.508 e. The number of alkyl carbamates (subject to hydrolysis) is 1. The number of hydrogen-bond donors (Lipinski definition) is 3. The molecule has 0 spiro atoms. The van der Waals surface area contributed by atoms with Crippen molar-refractivity contribution >= 4 is 17.9 Å². The summed E-state index contributed by atoms with van der Waals surface area (Å²) in [5.74, 6) is -1.28. The molecule has 0 saturated carbocycles. The highest BCUT2D eigenvalue weighted by atomic mass is 16.6. The Morgan fingerprint density at radius 3 is 2.06 bits per heavy atom. The maximum absolute atomic E-state index is 13.9. The Balaban J connectivity index is 2.44. The molecule has 0 aliphatic heterocycles. The van der Waals surface area contributed by atoms with Crippen LogP contribution in [-0.4, -0.2) is 45.6 Å². The van der Waals surface area contributed by atoms with E-state index in [-0.39, 0.29) is 18.2 Å². The Morgan fingerprint density at radius 1 is 0.944 bits per heavy atom. The number of benzene rings is 2. The molecule has 8 nitrogen and oxygen atoms in total. The van der Waals surface area contributed by atoms with Gasteiger partial charge in [-0.25, -0.2) is 4.79 Å². The summed E-state index contributed by atoms with van der Waals surface area (Å²) in [7, 11) is 0. The van der Waals surface area contributed by atoms with Gasteiger partial charge in [0.15, 0.2) is 0 Å². The first kappa shape index (κ1) is 28.7. The summed E-state index contributed by atoms with van der Waals surface area (Å²) in [4.78, 5) is 41.5. The average molecular weight is 498 g/mol. The molecule has 0 heterocycles. The minimum Gasteiger partial charge on any atom is -0.508 e. The molecule has 3 N–H and O–H groups in total. The molecule has 0 fully saturated rings. The van der Waals surface area contributed by atoms with E-state index in [9.17, 15) is 19.5 Å². The molecule has 0 bridgehead atoms. The molecule has 8 heteroatoms. The van der Waals surface area contributed by atoms with Crippen molar-refractivity contribution in [3.05, 3.63) is 65.7 Å². The maximum atomic E-state index is 13.9. The van der Waals surface area contributed by atoms with Gasteiger partial charge in [-0.15, -0.1) is 0 Å². The Morgan fingerprint density at radius 2 is 1.53 bits per heavy atom. The number of carbonyl (C=O) groups excluding carboxylic acids is 3. The lowest BCUT2D eigenvalue weighted by molar-refractivity contribution is -0.145. The van der Waals surface area contributed by atoms with E-state index in [4.69, 9.17) is 4.74 Å². The topological polar surface area (TPSA) is 108 Å². The van der Waals surface area contributed by atoms with Gasteiger partial charge in [0.2, 0.25) is 11.8 Å². The van der Waals surface area contributed by atoms with Gasteiger partial charge in [-0.2, -0.15) is 0 Å². The molecule has 36 heavy (non-hydrogen) atoms. The highest BCUT2D eigenvalue weighted by molar-refractivity contribution is 5.92. The van der Waals surface area contributed by atoms with Crippen LogP contribution in [0, 0.1) is 5.92 Å². The first-order valence-electron chi connectivity index (χ1n) is 12.2. The molecule has 2 aromatic carbocycles. The third-order valence-electron chi connectivity index (χ3n) is 5.48. The molecule has 2 rings (SSSR count). The van der Waals surface area contributed by atoms with Crippen LogP contribution in [0.4, 0.5) is 4.79 Å². The predicted octanol–water partition coefficient (Wildman–Crippen LogP) is 4.54. The van der Waals surface area contributed by atoms with Crippen LogP contribution in [0.25, 0.3) is 0 Å². The van der Waals surface area contributed by atoms with Crippen LogP contribution in [0.1, 0.15) is 65.6 Å². The second-order valence-corrected chi connectivity index (χ2v) is 10.4. The van der Waals surface area contributed by atoms with Crippen LogP contribution in [0.2, 0.25) is 0 Å². The van der Waals surface area contributed by atoms with E-state index in [1.54, 1.807) is 52.8 Å². The van der Waals surface area contributed by atoms with Crippen molar-refractivity contribution in [3.63, 3.8) is 0 Å². The number of phenols is 1. The van der Waals surface area contributed by atoms with Crippen LogP contribution >= 0.6 is 0 Å². The van der Waals surface area contributed by atoms with Crippen LogP contribution in [-0.2, 0) is 20.9 Å². The summed E-state index contributed by atoms with van der Waals surface area (Å²) in [6.45, 7) is 12.7. The van der Waals surface area contributed by atoms with Crippen molar-refractivity contribution in [2.24, 2.45) is 5.92 Å². The smallest absolute Gasteiger partial charge is 0.408 e. The number of ether oxygens (including phenoxy) is 1. The first-order valence-corrected chi connectivity index (χ1v) is 12.2. The van der Waals surface area contributed by atoms with E-state index in [0.717, 1.165) is 5.56 Å². The summed E-state index contributed by atoms with van der Waals surface area (Å²) >= 11 is 0. The number of amides is 3. The standard InChI is InChI=1S/C28H39N3O5/c1-18(2)23(30-27(35)36-28(5,6)7)26(34)31(19(3)4)24(21-15-11-12-16-22(21)32)25(33)29-17-20-13-9-8-10-14-20/h8-16,18-19,23-24,32H,17H2,1-7H3,(H,29,33)(H,30,35). The molecular weight excluding hydrogens is 458 g/mol. The van der Waals surface area contributed by atoms with Crippen molar-refractivity contribution in [1.29, 1.82) is 0 Å². The first-order chi connectivity index (χ1) is 16.8. The van der Waals surface area contributed by atoms with Gasteiger partial charge in [0.1, 0.15) is 23.4 Å². The summed E-state index contributed by atoms with van der Waals surface area (Å²) in [6, 6.07) is 13.4. The summed E-state index contributed by atoms with van der Waals surface area (Å²) in [5, 5.41) is 16.2. The van der Waals surface area contributed by atoms with Gasteiger partial charge < -0.3 is 25.4 Å². The van der Waals surface area contributed by atoms with Crippen LogP contribution in [0.15, 0.2) is 54.6 Å². The molecule has 0 aliphatic carbocycles. The second-order valence-electron chi connectivity index (χ2n) is 10.4. The van der Waals surface area contributed by atoms with Crippen LogP contribution in [0.5, 0.6) is 5.75 Å². The Kier molecular flexibility index (Phi) is 9.90. The zero-order valence-electron chi connectivity index (χ0n) is 22.2. The number of phenolic OH excluding ortho intramolecular Hbond substituents is 1. The summed E-state index contributed by atoms with van der Waals surface area (Å²) in [6.07, 6.45) is -0.717. The third kappa shape index (κ3) is 8.00. The predicted molar refractivity (Wildman–Crippen MR) is 139 cm³/mol. The SMILES string of the molecule is CC(C)C(NC(=O)OC(C)(C)C)C(=O)N(C(C)C)C(C(=O)NCc1ccccc1)c1ccccc1O. The molecule has 2 atom stereocenters. The fourth-order valence-electron chi connectivity index (χ4n) is 3.81. The van der Waals surface area contributed by atoms with Crippen molar-refractivity contribution in [3.8, 4) is 5.75 Å². The Hall–Kier alpha value is -3.55. The molecule has 0 radical (unpaired) electrons. The van der Waals surface area contributed by atoms with E-state index in [1.807, 2.05) is 44.2 Å². The van der Waals surface area contributed by atoms with Gasteiger partial charge >= 0.3 is 6.09 Å². The minimum absolute atomic E-state index is 0.1000. The molecule has 2 aromatic rings. The van der Waals surface area contributed by atoms with Gasteiger partial charge in [-0.1, -0.05) is 62.4 Å².